The lowest BCUT2D eigenvalue weighted by Gasteiger charge is -2.14. The summed E-state index contributed by atoms with van der Waals surface area (Å²) in [5, 5.41) is 3.38. The van der Waals surface area contributed by atoms with Crippen molar-refractivity contribution in [2.45, 2.75) is 39.3 Å². The minimum absolute atomic E-state index is 1.10. The van der Waals surface area contributed by atoms with E-state index in [0.717, 1.165) is 19.6 Å². The van der Waals surface area contributed by atoms with Crippen LogP contribution in [0.2, 0.25) is 0 Å². The predicted octanol–water partition coefficient (Wildman–Crippen LogP) is 2.78. The Morgan fingerprint density at radius 2 is 1.76 bits per heavy atom. The van der Waals surface area contributed by atoms with Crippen LogP contribution in [0.5, 0.6) is 0 Å². The van der Waals surface area contributed by atoms with Gasteiger partial charge in [-0.2, -0.15) is 0 Å². The van der Waals surface area contributed by atoms with Crippen molar-refractivity contribution in [1.29, 1.82) is 0 Å². The van der Waals surface area contributed by atoms with Crippen LogP contribution in [0.4, 0.5) is 0 Å². The predicted molar refractivity (Wildman–Crippen MR) is 73.0 cm³/mol. The van der Waals surface area contributed by atoms with Gasteiger partial charge < -0.3 is 5.32 Å². The van der Waals surface area contributed by atoms with Gasteiger partial charge in [-0.25, -0.2) is 0 Å². The summed E-state index contributed by atoms with van der Waals surface area (Å²) < 4.78 is 0. The van der Waals surface area contributed by atoms with E-state index in [9.17, 15) is 0 Å². The first kappa shape index (κ1) is 12.6. The molecule has 1 aliphatic heterocycles. The fourth-order valence-electron chi connectivity index (χ4n) is 2.50. The lowest BCUT2D eigenvalue weighted by Crippen LogP contribution is -2.18. The zero-order chi connectivity index (χ0) is 11.9. The first-order valence-corrected chi connectivity index (χ1v) is 6.90. The smallest absolute Gasteiger partial charge is 0.0240 e. The van der Waals surface area contributed by atoms with Crippen molar-refractivity contribution < 1.29 is 0 Å². The van der Waals surface area contributed by atoms with E-state index in [0.29, 0.717) is 0 Å². The zero-order valence-corrected chi connectivity index (χ0v) is 10.9. The van der Waals surface area contributed by atoms with Crippen LogP contribution in [-0.4, -0.2) is 24.5 Å². The van der Waals surface area contributed by atoms with Gasteiger partial charge in [0.2, 0.25) is 0 Å². The van der Waals surface area contributed by atoms with Gasteiger partial charge >= 0.3 is 0 Å². The molecule has 2 rings (SSSR count). The molecule has 1 aromatic rings. The molecule has 2 heteroatoms. The second-order valence-electron chi connectivity index (χ2n) is 4.89. The molecule has 0 radical (unpaired) electrons. The molecule has 0 amide bonds. The van der Waals surface area contributed by atoms with Crippen LogP contribution in [-0.2, 0) is 13.1 Å². The first-order chi connectivity index (χ1) is 8.40. The maximum atomic E-state index is 3.38. The number of hydrogen-bond donors (Lipinski definition) is 1. The van der Waals surface area contributed by atoms with Crippen molar-refractivity contribution in [1.82, 2.24) is 10.2 Å². The largest absolute Gasteiger partial charge is 0.317 e. The molecule has 0 fully saturated rings. The summed E-state index contributed by atoms with van der Waals surface area (Å²) >= 11 is 0. The molecular formula is C15H24N2. The molecule has 1 aromatic carbocycles. The Hall–Kier alpha value is -0.860. The third kappa shape index (κ3) is 3.83. The highest BCUT2D eigenvalue weighted by Crippen LogP contribution is 2.22. The molecule has 0 unspecified atom stereocenters. The number of hydrogen-bond acceptors (Lipinski definition) is 2. The second kappa shape index (κ2) is 6.77. The Morgan fingerprint density at radius 3 is 2.41 bits per heavy atom. The van der Waals surface area contributed by atoms with Crippen molar-refractivity contribution in [3.05, 3.63) is 35.4 Å². The summed E-state index contributed by atoms with van der Waals surface area (Å²) in [5.74, 6) is 0. The molecule has 0 spiro atoms. The van der Waals surface area contributed by atoms with E-state index in [1.54, 1.807) is 0 Å². The van der Waals surface area contributed by atoms with Crippen molar-refractivity contribution in [3.63, 3.8) is 0 Å². The van der Waals surface area contributed by atoms with Gasteiger partial charge in [0.1, 0.15) is 0 Å². The Bertz CT molecular complexity index is 310. The number of unbranched alkanes of at least 4 members (excludes halogenated alkanes) is 2. The van der Waals surface area contributed by atoms with Crippen LogP contribution in [0.25, 0.3) is 0 Å². The van der Waals surface area contributed by atoms with Crippen LogP contribution < -0.4 is 5.32 Å². The van der Waals surface area contributed by atoms with Gasteiger partial charge in [-0.15, -0.1) is 0 Å². The molecule has 0 saturated heterocycles. The lowest BCUT2D eigenvalue weighted by atomic mass is 10.1. The monoisotopic (exact) mass is 232 g/mol. The van der Waals surface area contributed by atoms with E-state index < -0.39 is 0 Å². The summed E-state index contributed by atoms with van der Waals surface area (Å²) in [4.78, 5) is 2.57. The fraction of sp³-hybridized carbons (Fsp3) is 0.600. The molecular weight excluding hydrogens is 208 g/mol. The van der Waals surface area contributed by atoms with Gasteiger partial charge in [0.25, 0.3) is 0 Å². The van der Waals surface area contributed by atoms with Crippen LogP contribution in [0.15, 0.2) is 24.3 Å². The maximum absolute atomic E-state index is 3.38. The molecule has 0 bridgehead atoms. The SMILES string of the molecule is CCNCCCCCN1Cc2ccccc2C1. The molecule has 2 nitrogen and oxygen atoms in total. The normalized spacial score (nSPS) is 15.1. The van der Waals surface area contributed by atoms with E-state index >= 15 is 0 Å². The van der Waals surface area contributed by atoms with Crippen LogP contribution in [0.3, 0.4) is 0 Å². The van der Waals surface area contributed by atoms with Crippen LogP contribution in [0, 0.1) is 0 Å². The highest BCUT2D eigenvalue weighted by molar-refractivity contribution is 5.30. The van der Waals surface area contributed by atoms with Crippen molar-refractivity contribution in [3.8, 4) is 0 Å². The molecule has 1 aliphatic rings. The molecule has 17 heavy (non-hydrogen) atoms. The molecule has 0 saturated carbocycles. The molecule has 94 valence electrons. The highest BCUT2D eigenvalue weighted by atomic mass is 15.1. The maximum Gasteiger partial charge on any atom is 0.0240 e. The Balaban J connectivity index is 1.60. The van der Waals surface area contributed by atoms with Crippen LogP contribution in [0.1, 0.15) is 37.3 Å². The second-order valence-corrected chi connectivity index (χ2v) is 4.89. The number of rotatable bonds is 7. The Morgan fingerprint density at radius 1 is 1.06 bits per heavy atom. The molecule has 0 aromatic heterocycles. The van der Waals surface area contributed by atoms with E-state index in [-0.39, 0.29) is 0 Å². The Labute approximate surface area is 105 Å². The molecule has 0 atom stereocenters. The number of benzene rings is 1. The summed E-state index contributed by atoms with van der Waals surface area (Å²) in [7, 11) is 0. The van der Waals surface area contributed by atoms with E-state index in [1.165, 1.54) is 43.5 Å². The van der Waals surface area contributed by atoms with Gasteiger partial charge in [0.05, 0.1) is 0 Å². The van der Waals surface area contributed by atoms with E-state index in [1.807, 2.05) is 0 Å². The van der Waals surface area contributed by atoms with Crippen LogP contribution >= 0.6 is 0 Å². The quantitative estimate of drug-likeness (QED) is 0.727. The average molecular weight is 232 g/mol. The number of fused-ring (bicyclic) bond motifs is 1. The number of nitrogens with one attached hydrogen (secondary N) is 1. The van der Waals surface area contributed by atoms with E-state index in [2.05, 4.69) is 41.4 Å². The molecule has 1 N–H and O–H groups in total. The average Bonchev–Trinajstić information content (AvgIpc) is 2.76. The van der Waals surface area contributed by atoms with Crippen molar-refractivity contribution >= 4 is 0 Å². The van der Waals surface area contributed by atoms with Gasteiger partial charge in [-0.05, 0) is 43.6 Å². The fourth-order valence-corrected chi connectivity index (χ4v) is 2.50. The topological polar surface area (TPSA) is 15.3 Å². The lowest BCUT2D eigenvalue weighted by molar-refractivity contribution is 0.276. The highest BCUT2D eigenvalue weighted by Gasteiger charge is 2.16. The van der Waals surface area contributed by atoms with Crippen molar-refractivity contribution in [2.24, 2.45) is 0 Å². The van der Waals surface area contributed by atoms with Gasteiger partial charge in [0.15, 0.2) is 0 Å². The summed E-state index contributed by atoms with van der Waals surface area (Å²) in [5.41, 5.74) is 3.06. The summed E-state index contributed by atoms with van der Waals surface area (Å²) in [6.07, 6.45) is 3.99. The first-order valence-electron chi connectivity index (χ1n) is 6.90. The van der Waals surface area contributed by atoms with Crippen molar-refractivity contribution in [2.75, 3.05) is 19.6 Å². The van der Waals surface area contributed by atoms with Gasteiger partial charge in [-0.1, -0.05) is 37.6 Å². The minimum Gasteiger partial charge on any atom is -0.317 e. The standard InChI is InChI=1S/C15H24N2/c1-2-16-10-6-3-7-11-17-12-14-8-4-5-9-15(14)13-17/h4-5,8-9,16H,2-3,6-7,10-13H2,1H3. The number of nitrogens with zero attached hydrogens (tertiary/aromatic N) is 1. The van der Waals surface area contributed by atoms with E-state index in [4.69, 9.17) is 0 Å². The summed E-state index contributed by atoms with van der Waals surface area (Å²) in [6.45, 7) is 8.01. The Kier molecular flexibility index (Phi) is 5.02. The third-order valence-electron chi connectivity index (χ3n) is 3.48. The van der Waals surface area contributed by atoms with Gasteiger partial charge in [-0.3, -0.25) is 4.90 Å². The van der Waals surface area contributed by atoms with Gasteiger partial charge in [0, 0.05) is 13.1 Å². The summed E-state index contributed by atoms with van der Waals surface area (Å²) in [6, 6.07) is 8.83. The molecule has 0 aliphatic carbocycles. The minimum atomic E-state index is 1.10. The zero-order valence-electron chi connectivity index (χ0n) is 10.9. The third-order valence-corrected chi connectivity index (χ3v) is 3.48. The molecule has 1 heterocycles.